The van der Waals surface area contributed by atoms with E-state index in [1.54, 1.807) is 5.01 Å². The highest BCUT2D eigenvalue weighted by atomic mass is 16.5. The second-order valence-corrected chi connectivity index (χ2v) is 2.79. The van der Waals surface area contributed by atoms with E-state index in [-0.39, 0.29) is 6.54 Å². The number of morpholine rings is 1. The molecular formula is C7H13N3O4. The largest absolute Gasteiger partial charge is 0.480 e. The highest BCUT2D eigenvalue weighted by molar-refractivity contribution is 5.79. The van der Waals surface area contributed by atoms with Crippen molar-refractivity contribution in [2.45, 2.75) is 0 Å². The Bertz CT molecular complexity index is 215. The lowest BCUT2D eigenvalue weighted by molar-refractivity contribution is -0.135. The van der Waals surface area contributed by atoms with Gasteiger partial charge in [0.25, 0.3) is 0 Å². The van der Waals surface area contributed by atoms with Crippen LogP contribution < -0.4 is 10.7 Å². The predicted molar refractivity (Wildman–Crippen MR) is 46.6 cm³/mol. The van der Waals surface area contributed by atoms with Crippen LogP contribution in [0.25, 0.3) is 0 Å². The Labute approximate surface area is 81.0 Å². The normalized spacial score (nSPS) is 17.4. The number of urea groups is 1. The van der Waals surface area contributed by atoms with E-state index in [1.165, 1.54) is 0 Å². The number of ether oxygens (including phenoxy) is 1. The van der Waals surface area contributed by atoms with Gasteiger partial charge >= 0.3 is 12.0 Å². The maximum atomic E-state index is 11.0. The number of amides is 2. The van der Waals surface area contributed by atoms with Gasteiger partial charge in [-0.3, -0.25) is 10.2 Å². The average Bonchev–Trinajstić information content (AvgIpc) is 2.16. The predicted octanol–water partition coefficient (Wildman–Crippen LogP) is -1.38. The highest BCUT2D eigenvalue weighted by Gasteiger charge is 2.12. The molecular weight excluding hydrogens is 190 g/mol. The molecule has 0 spiro atoms. The Balaban J connectivity index is 2.15. The quantitative estimate of drug-likeness (QED) is 0.525. The van der Waals surface area contributed by atoms with Crippen molar-refractivity contribution < 1.29 is 19.4 Å². The molecule has 80 valence electrons. The summed E-state index contributed by atoms with van der Waals surface area (Å²) in [5.41, 5.74) is 2.51. The topological polar surface area (TPSA) is 90.9 Å². The molecule has 3 N–H and O–H groups in total. The van der Waals surface area contributed by atoms with Crippen molar-refractivity contribution in [2.75, 3.05) is 32.8 Å². The molecule has 7 nitrogen and oxygen atoms in total. The van der Waals surface area contributed by atoms with Gasteiger partial charge < -0.3 is 15.2 Å². The van der Waals surface area contributed by atoms with E-state index in [0.717, 1.165) is 0 Å². The number of carbonyl (C=O) groups excluding carboxylic acids is 1. The lowest BCUT2D eigenvalue weighted by atomic mass is 10.5. The Kier molecular flexibility index (Phi) is 4.14. The van der Waals surface area contributed by atoms with Crippen LogP contribution in [0.5, 0.6) is 0 Å². The number of hydrogen-bond donors (Lipinski definition) is 3. The minimum absolute atomic E-state index is 0.379. The Morgan fingerprint density at radius 2 is 2.00 bits per heavy atom. The van der Waals surface area contributed by atoms with E-state index in [0.29, 0.717) is 26.3 Å². The molecule has 2 amide bonds. The zero-order chi connectivity index (χ0) is 10.4. The molecule has 1 aliphatic heterocycles. The standard InChI is InChI=1S/C7H13N3O4/c11-6(12)5-8-7(13)9-10-1-3-14-4-2-10/h1-5H2,(H,11,12)(H2,8,9,13). The smallest absolute Gasteiger partial charge is 0.329 e. The summed E-state index contributed by atoms with van der Waals surface area (Å²) in [6.07, 6.45) is 0. The van der Waals surface area contributed by atoms with Crippen molar-refractivity contribution >= 4 is 12.0 Å². The van der Waals surface area contributed by atoms with Crippen LogP contribution in [-0.4, -0.2) is 55.0 Å². The molecule has 1 rings (SSSR count). The van der Waals surface area contributed by atoms with Gasteiger partial charge in [-0.25, -0.2) is 9.80 Å². The van der Waals surface area contributed by atoms with Gasteiger partial charge in [0.1, 0.15) is 6.54 Å². The molecule has 0 saturated carbocycles. The summed E-state index contributed by atoms with van der Waals surface area (Å²) < 4.78 is 5.07. The summed E-state index contributed by atoms with van der Waals surface area (Å²) in [4.78, 5) is 21.2. The minimum Gasteiger partial charge on any atom is -0.480 e. The summed E-state index contributed by atoms with van der Waals surface area (Å²) in [6.45, 7) is 1.98. The molecule has 0 aromatic carbocycles. The molecule has 0 unspecified atom stereocenters. The molecule has 1 saturated heterocycles. The van der Waals surface area contributed by atoms with Crippen LogP contribution in [0.4, 0.5) is 4.79 Å². The van der Waals surface area contributed by atoms with E-state index in [9.17, 15) is 9.59 Å². The first kappa shape index (κ1) is 10.7. The fraction of sp³-hybridized carbons (Fsp3) is 0.714. The molecule has 0 aromatic rings. The third-order valence-electron chi connectivity index (χ3n) is 1.67. The van der Waals surface area contributed by atoms with Crippen molar-refractivity contribution in [1.82, 2.24) is 15.8 Å². The third kappa shape index (κ3) is 4.06. The van der Waals surface area contributed by atoms with Crippen LogP contribution >= 0.6 is 0 Å². The van der Waals surface area contributed by atoms with Gasteiger partial charge in [0.2, 0.25) is 0 Å². The van der Waals surface area contributed by atoms with E-state index in [4.69, 9.17) is 9.84 Å². The van der Waals surface area contributed by atoms with E-state index < -0.39 is 12.0 Å². The number of nitrogens with zero attached hydrogens (tertiary/aromatic N) is 1. The summed E-state index contributed by atoms with van der Waals surface area (Å²) in [5, 5.41) is 12.2. The monoisotopic (exact) mass is 203 g/mol. The van der Waals surface area contributed by atoms with E-state index in [1.807, 2.05) is 0 Å². The number of nitrogens with one attached hydrogen (secondary N) is 2. The van der Waals surface area contributed by atoms with E-state index in [2.05, 4.69) is 10.7 Å². The lowest BCUT2D eigenvalue weighted by Crippen LogP contribution is -2.52. The first-order valence-corrected chi connectivity index (χ1v) is 4.27. The highest BCUT2D eigenvalue weighted by Crippen LogP contribution is 1.91. The number of carbonyl (C=O) groups is 2. The van der Waals surface area contributed by atoms with E-state index >= 15 is 0 Å². The number of carboxylic acid groups (broad SMARTS) is 1. The van der Waals surface area contributed by atoms with Crippen molar-refractivity contribution in [3.63, 3.8) is 0 Å². The van der Waals surface area contributed by atoms with Crippen molar-refractivity contribution in [1.29, 1.82) is 0 Å². The fourth-order valence-electron chi connectivity index (χ4n) is 1.01. The van der Waals surface area contributed by atoms with Gasteiger partial charge in [0.05, 0.1) is 13.2 Å². The average molecular weight is 203 g/mol. The summed E-state index contributed by atoms with van der Waals surface area (Å²) in [6, 6.07) is -0.505. The maximum absolute atomic E-state index is 11.0. The van der Waals surface area contributed by atoms with Crippen LogP contribution in [-0.2, 0) is 9.53 Å². The van der Waals surface area contributed by atoms with Crippen LogP contribution in [0.2, 0.25) is 0 Å². The van der Waals surface area contributed by atoms with Crippen molar-refractivity contribution in [3.05, 3.63) is 0 Å². The summed E-state index contributed by atoms with van der Waals surface area (Å²) >= 11 is 0. The summed E-state index contributed by atoms with van der Waals surface area (Å²) in [5.74, 6) is -1.07. The summed E-state index contributed by atoms with van der Waals surface area (Å²) in [7, 11) is 0. The number of hydrogen-bond acceptors (Lipinski definition) is 4. The van der Waals surface area contributed by atoms with Crippen LogP contribution in [0.15, 0.2) is 0 Å². The zero-order valence-corrected chi connectivity index (χ0v) is 7.65. The van der Waals surface area contributed by atoms with Gasteiger partial charge in [-0.2, -0.15) is 0 Å². The number of carboxylic acids is 1. The molecule has 0 radical (unpaired) electrons. The molecule has 14 heavy (non-hydrogen) atoms. The first-order valence-electron chi connectivity index (χ1n) is 4.27. The molecule has 1 heterocycles. The van der Waals surface area contributed by atoms with Crippen LogP contribution in [0.1, 0.15) is 0 Å². The minimum atomic E-state index is -1.07. The molecule has 0 bridgehead atoms. The third-order valence-corrected chi connectivity index (χ3v) is 1.67. The number of hydrazine groups is 1. The molecule has 7 heteroatoms. The second-order valence-electron chi connectivity index (χ2n) is 2.79. The van der Waals surface area contributed by atoms with Crippen LogP contribution in [0, 0.1) is 0 Å². The second kappa shape index (κ2) is 5.40. The van der Waals surface area contributed by atoms with Gasteiger partial charge in [-0.05, 0) is 0 Å². The van der Waals surface area contributed by atoms with Crippen LogP contribution in [0.3, 0.4) is 0 Å². The Hall–Kier alpha value is -1.34. The van der Waals surface area contributed by atoms with Crippen molar-refractivity contribution in [2.24, 2.45) is 0 Å². The zero-order valence-electron chi connectivity index (χ0n) is 7.65. The van der Waals surface area contributed by atoms with Crippen molar-refractivity contribution in [3.8, 4) is 0 Å². The SMILES string of the molecule is O=C(O)CNC(=O)NN1CCOCC1. The number of rotatable bonds is 3. The fourth-order valence-corrected chi connectivity index (χ4v) is 1.01. The lowest BCUT2D eigenvalue weighted by Gasteiger charge is -2.26. The Morgan fingerprint density at radius 1 is 1.36 bits per heavy atom. The molecule has 1 aliphatic rings. The van der Waals surface area contributed by atoms with Gasteiger partial charge in [-0.15, -0.1) is 0 Å². The van der Waals surface area contributed by atoms with Gasteiger partial charge in [0.15, 0.2) is 0 Å². The molecule has 0 atom stereocenters. The first-order chi connectivity index (χ1) is 6.68. The van der Waals surface area contributed by atoms with Gasteiger partial charge in [-0.1, -0.05) is 0 Å². The molecule has 0 aromatic heterocycles. The number of aliphatic carboxylic acids is 1. The maximum Gasteiger partial charge on any atom is 0.329 e. The molecule has 1 fully saturated rings. The van der Waals surface area contributed by atoms with Gasteiger partial charge in [0, 0.05) is 13.1 Å². The molecule has 0 aliphatic carbocycles. The Morgan fingerprint density at radius 3 is 2.57 bits per heavy atom.